The number of rotatable bonds is 3. The molecule has 110 valence electrons. The van der Waals surface area contributed by atoms with Crippen LogP contribution in [0.1, 0.15) is 38.3 Å². The molecule has 20 heavy (non-hydrogen) atoms. The Labute approximate surface area is 117 Å². The van der Waals surface area contributed by atoms with Crippen molar-refractivity contribution in [2.45, 2.75) is 38.8 Å². The molecule has 0 radical (unpaired) electrons. The first-order chi connectivity index (χ1) is 9.50. The Hall–Kier alpha value is -2.05. The van der Waals surface area contributed by atoms with Crippen molar-refractivity contribution in [3.63, 3.8) is 0 Å². The number of carboxylic acids is 1. The number of hydrogen-bond acceptors (Lipinski definition) is 3. The Bertz CT molecular complexity index is 474. The predicted molar refractivity (Wildman–Crippen MR) is 72.1 cm³/mol. The monoisotopic (exact) mass is 280 g/mol. The minimum absolute atomic E-state index is 0.0313. The van der Waals surface area contributed by atoms with E-state index in [4.69, 9.17) is 0 Å². The average Bonchev–Trinajstić information content (AvgIpc) is 2.91. The summed E-state index contributed by atoms with van der Waals surface area (Å²) in [7, 11) is 0. The van der Waals surface area contributed by atoms with Gasteiger partial charge >= 0.3 is 12.0 Å². The molecule has 1 aliphatic rings. The molecule has 0 aromatic carbocycles. The smallest absolute Gasteiger partial charge is 0.326 e. The number of likely N-dealkylation sites (tertiary alicyclic amines) is 1. The van der Waals surface area contributed by atoms with Crippen molar-refractivity contribution in [1.29, 1.82) is 0 Å². The van der Waals surface area contributed by atoms with Crippen molar-refractivity contribution in [2.24, 2.45) is 5.92 Å². The number of hydrogen-bond donors (Lipinski definition) is 3. The average molecular weight is 280 g/mol. The molecule has 1 aliphatic heterocycles. The molecule has 1 fully saturated rings. The molecule has 7 heteroatoms. The number of piperidine rings is 1. The van der Waals surface area contributed by atoms with Crippen molar-refractivity contribution in [1.82, 2.24) is 20.4 Å². The van der Waals surface area contributed by atoms with Crippen LogP contribution in [0.2, 0.25) is 0 Å². The fourth-order valence-corrected chi connectivity index (χ4v) is 2.64. The number of aromatic nitrogens is 2. The third kappa shape index (κ3) is 2.92. The second-order valence-electron chi connectivity index (χ2n) is 5.30. The second kappa shape index (κ2) is 5.94. The van der Waals surface area contributed by atoms with Crippen LogP contribution in [-0.2, 0) is 4.79 Å². The SMILES string of the molecule is CC(NC(=O)N1CCCC(C)C1C(=O)O)c1cn[nH]c1. The van der Waals surface area contributed by atoms with E-state index in [-0.39, 0.29) is 18.0 Å². The summed E-state index contributed by atoms with van der Waals surface area (Å²) in [5.41, 5.74) is 0.857. The molecule has 0 bridgehead atoms. The number of carbonyl (C=O) groups excluding carboxylic acids is 1. The summed E-state index contributed by atoms with van der Waals surface area (Å²) in [6.45, 7) is 4.19. The number of aliphatic carboxylic acids is 1. The molecule has 3 unspecified atom stereocenters. The lowest BCUT2D eigenvalue weighted by atomic mass is 9.91. The molecule has 1 aromatic rings. The Morgan fingerprint density at radius 2 is 2.35 bits per heavy atom. The van der Waals surface area contributed by atoms with Gasteiger partial charge in [-0.3, -0.25) is 5.10 Å². The van der Waals surface area contributed by atoms with E-state index in [9.17, 15) is 14.7 Å². The van der Waals surface area contributed by atoms with Crippen LogP contribution in [-0.4, -0.2) is 44.8 Å². The number of nitrogens with one attached hydrogen (secondary N) is 2. The van der Waals surface area contributed by atoms with E-state index in [0.717, 1.165) is 18.4 Å². The van der Waals surface area contributed by atoms with Gasteiger partial charge in [-0.25, -0.2) is 9.59 Å². The third-order valence-electron chi connectivity index (χ3n) is 3.81. The topological polar surface area (TPSA) is 98.3 Å². The number of amides is 2. The van der Waals surface area contributed by atoms with E-state index < -0.39 is 12.0 Å². The molecule has 0 spiro atoms. The highest BCUT2D eigenvalue weighted by Gasteiger charge is 2.37. The predicted octanol–water partition coefficient (Wildman–Crippen LogP) is 1.37. The molecule has 3 N–H and O–H groups in total. The Morgan fingerprint density at radius 3 is 2.95 bits per heavy atom. The Balaban J connectivity index is 2.05. The van der Waals surface area contributed by atoms with E-state index in [2.05, 4.69) is 15.5 Å². The molecule has 2 rings (SSSR count). The van der Waals surface area contributed by atoms with Gasteiger partial charge in [0.25, 0.3) is 0 Å². The molecular formula is C13H20N4O3. The van der Waals surface area contributed by atoms with Crippen LogP contribution >= 0.6 is 0 Å². The summed E-state index contributed by atoms with van der Waals surface area (Å²) in [5.74, 6) is -0.973. The zero-order valence-corrected chi connectivity index (χ0v) is 11.7. The summed E-state index contributed by atoms with van der Waals surface area (Å²) in [4.78, 5) is 25.1. The fourth-order valence-electron chi connectivity index (χ4n) is 2.64. The van der Waals surface area contributed by atoms with Gasteiger partial charge in [0.15, 0.2) is 0 Å². The Kier molecular flexibility index (Phi) is 4.26. The molecule has 0 saturated carbocycles. The zero-order chi connectivity index (χ0) is 14.7. The van der Waals surface area contributed by atoms with Crippen LogP contribution < -0.4 is 5.32 Å². The summed E-state index contributed by atoms with van der Waals surface area (Å²) >= 11 is 0. The molecule has 1 aromatic heterocycles. The van der Waals surface area contributed by atoms with Gasteiger partial charge in [-0.05, 0) is 25.7 Å². The first kappa shape index (κ1) is 14.4. The van der Waals surface area contributed by atoms with Crippen LogP contribution in [0, 0.1) is 5.92 Å². The quantitative estimate of drug-likeness (QED) is 0.778. The largest absolute Gasteiger partial charge is 0.480 e. The fraction of sp³-hybridized carbons (Fsp3) is 0.615. The standard InChI is InChI=1S/C13H20N4O3/c1-8-4-3-5-17(11(8)12(18)19)13(20)16-9(2)10-6-14-15-7-10/h6-9,11H,3-5H2,1-2H3,(H,14,15)(H,16,20)(H,18,19). The molecule has 2 heterocycles. The number of carbonyl (C=O) groups is 2. The first-order valence-electron chi connectivity index (χ1n) is 6.79. The van der Waals surface area contributed by atoms with Gasteiger partial charge in [0.1, 0.15) is 6.04 Å². The van der Waals surface area contributed by atoms with Crippen LogP contribution in [0.25, 0.3) is 0 Å². The van der Waals surface area contributed by atoms with E-state index in [0.29, 0.717) is 6.54 Å². The Morgan fingerprint density at radius 1 is 1.60 bits per heavy atom. The van der Waals surface area contributed by atoms with Gasteiger partial charge < -0.3 is 15.3 Å². The minimum atomic E-state index is -0.941. The third-order valence-corrected chi connectivity index (χ3v) is 3.81. The number of carboxylic acid groups (broad SMARTS) is 1. The summed E-state index contributed by atoms with van der Waals surface area (Å²) < 4.78 is 0. The van der Waals surface area contributed by atoms with Crippen LogP contribution in [0.15, 0.2) is 12.4 Å². The van der Waals surface area contributed by atoms with Gasteiger partial charge in [-0.2, -0.15) is 5.10 Å². The molecule has 0 aliphatic carbocycles. The lowest BCUT2D eigenvalue weighted by molar-refractivity contribution is -0.145. The highest BCUT2D eigenvalue weighted by atomic mass is 16.4. The summed E-state index contributed by atoms with van der Waals surface area (Å²) in [6.07, 6.45) is 5.01. The lowest BCUT2D eigenvalue weighted by Gasteiger charge is -2.37. The van der Waals surface area contributed by atoms with Crippen molar-refractivity contribution in [2.75, 3.05) is 6.54 Å². The van der Waals surface area contributed by atoms with Crippen LogP contribution in [0.3, 0.4) is 0 Å². The second-order valence-corrected chi connectivity index (χ2v) is 5.30. The molecule has 3 atom stereocenters. The summed E-state index contributed by atoms with van der Waals surface area (Å²) in [6, 6.07) is -1.30. The van der Waals surface area contributed by atoms with Gasteiger partial charge in [-0.1, -0.05) is 6.92 Å². The van der Waals surface area contributed by atoms with E-state index >= 15 is 0 Å². The van der Waals surface area contributed by atoms with Crippen LogP contribution in [0.5, 0.6) is 0 Å². The number of aromatic amines is 1. The number of urea groups is 1. The number of nitrogens with zero attached hydrogens (tertiary/aromatic N) is 2. The van der Waals surface area contributed by atoms with Gasteiger partial charge in [0.2, 0.25) is 0 Å². The molecular weight excluding hydrogens is 260 g/mol. The highest BCUT2D eigenvalue weighted by Crippen LogP contribution is 2.24. The van der Waals surface area contributed by atoms with Crippen molar-refractivity contribution in [3.05, 3.63) is 18.0 Å². The minimum Gasteiger partial charge on any atom is -0.480 e. The highest BCUT2D eigenvalue weighted by molar-refractivity contribution is 5.83. The van der Waals surface area contributed by atoms with Gasteiger partial charge in [-0.15, -0.1) is 0 Å². The van der Waals surface area contributed by atoms with E-state index in [1.165, 1.54) is 4.90 Å². The van der Waals surface area contributed by atoms with Crippen molar-refractivity contribution in [3.8, 4) is 0 Å². The first-order valence-corrected chi connectivity index (χ1v) is 6.79. The van der Waals surface area contributed by atoms with Crippen molar-refractivity contribution >= 4 is 12.0 Å². The van der Waals surface area contributed by atoms with Crippen LogP contribution in [0.4, 0.5) is 4.79 Å². The normalized spacial score (nSPS) is 24.2. The lowest BCUT2D eigenvalue weighted by Crippen LogP contribution is -2.55. The van der Waals surface area contributed by atoms with E-state index in [1.807, 2.05) is 13.8 Å². The molecule has 7 nitrogen and oxygen atoms in total. The van der Waals surface area contributed by atoms with E-state index in [1.54, 1.807) is 12.4 Å². The molecule has 1 saturated heterocycles. The van der Waals surface area contributed by atoms with Gasteiger partial charge in [0.05, 0.1) is 12.2 Å². The maximum absolute atomic E-state index is 12.3. The van der Waals surface area contributed by atoms with Crippen molar-refractivity contribution < 1.29 is 14.7 Å². The maximum atomic E-state index is 12.3. The molecule has 2 amide bonds. The summed E-state index contributed by atoms with van der Waals surface area (Å²) in [5, 5.41) is 18.7. The zero-order valence-electron chi connectivity index (χ0n) is 11.7. The maximum Gasteiger partial charge on any atom is 0.326 e. The number of H-pyrrole nitrogens is 1. The van der Waals surface area contributed by atoms with Gasteiger partial charge in [0, 0.05) is 18.3 Å².